The highest BCUT2D eigenvalue weighted by Crippen LogP contribution is 2.25. The maximum absolute atomic E-state index is 12.5. The summed E-state index contributed by atoms with van der Waals surface area (Å²) in [7, 11) is 1.64. The normalized spacial score (nSPS) is 20.2. The molecular formula is C17H18F3N3O3. The summed E-state index contributed by atoms with van der Waals surface area (Å²) in [4.78, 5) is 14.1. The van der Waals surface area contributed by atoms with Crippen molar-refractivity contribution in [3.05, 3.63) is 54.0 Å². The van der Waals surface area contributed by atoms with Crippen LogP contribution in [0.25, 0.3) is 0 Å². The minimum absolute atomic E-state index is 0.0915. The maximum Gasteiger partial charge on any atom is 0.573 e. The number of benzene rings is 1. The lowest BCUT2D eigenvalue weighted by atomic mass is 10.1. The third kappa shape index (κ3) is 4.55. The van der Waals surface area contributed by atoms with E-state index in [1.807, 2.05) is 6.07 Å². The number of halogens is 3. The molecule has 1 saturated heterocycles. The average molecular weight is 369 g/mol. The summed E-state index contributed by atoms with van der Waals surface area (Å²) in [6, 6.07) is 8.56. The molecule has 2 aromatic rings. The number of ether oxygens (including phenoxy) is 1. The lowest BCUT2D eigenvalue weighted by Crippen LogP contribution is -2.43. The Bertz CT molecular complexity index is 732. The lowest BCUT2D eigenvalue weighted by Gasteiger charge is -2.21. The Hall–Kier alpha value is -2.52. The molecule has 140 valence electrons. The van der Waals surface area contributed by atoms with Crippen LogP contribution in [0.2, 0.25) is 0 Å². The second-order valence-electron chi connectivity index (χ2n) is 6.03. The summed E-state index contributed by atoms with van der Waals surface area (Å²) >= 11 is 0. The van der Waals surface area contributed by atoms with Gasteiger partial charge in [-0.15, -0.1) is 13.2 Å². The Balaban J connectivity index is 1.54. The number of nitrogens with zero attached hydrogens (tertiary/aromatic N) is 1. The highest BCUT2D eigenvalue weighted by Gasteiger charge is 2.33. The van der Waals surface area contributed by atoms with Crippen LogP contribution in [0.1, 0.15) is 23.8 Å². The Morgan fingerprint density at radius 1 is 1.27 bits per heavy atom. The van der Waals surface area contributed by atoms with Crippen LogP contribution >= 0.6 is 0 Å². The molecule has 6 nitrogen and oxygen atoms in total. The van der Waals surface area contributed by atoms with E-state index in [0.29, 0.717) is 12.0 Å². The maximum atomic E-state index is 12.5. The SMILES string of the molecule is CN(Cc1ccc(OC(F)(F)F)cc1)C(=O)C1CC(c2ccco2)NN1. The van der Waals surface area contributed by atoms with E-state index in [4.69, 9.17) is 4.42 Å². The van der Waals surface area contributed by atoms with Crippen LogP contribution in [0, 0.1) is 0 Å². The Kier molecular flexibility index (Phi) is 5.19. The van der Waals surface area contributed by atoms with E-state index in [1.54, 1.807) is 19.4 Å². The lowest BCUT2D eigenvalue weighted by molar-refractivity contribution is -0.274. The summed E-state index contributed by atoms with van der Waals surface area (Å²) in [6.07, 6.45) is -2.61. The molecule has 9 heteroatoms. The topological polar surface area (TPSA) is 66.7 Å². The molecule has 2 heterocycles. The monoisotopic (exact) mass is 369 g/mol. The molecule has 2 atom stereocenters. The zero-order valence-electron chi connectivity index (χ0n) is 13.9. The van der Waals surface area contributed by atoms with Gasteiger partial charge in [-0.3, -0.25) is 4.79 Å². The summed E-state index contributed by atoms with van der Waals surface area (Å²) in [5.74, 6) is 0.330. The van der Waals surface area contributed by atoms with Crippen LogP contribution in [-0.4, -0.2) is 30.3 Å². The fraction of sp³-hybridized carbons (Fsp3) is 0.353. The van der Waals surface area contributed by atoms with Gasteiger partial charge in [-0.2, -0.15) is 0 Å². The number of carbonyl (C=O) groups is 1. The first kappa shape index (κ1) is 18.3. The van der Waals surface area contributed by atoms with E-state index in [2.05, 4.69) is 15.6 Å². The highest BCUT2D eigenvalue weighted by molar-refractivity contribution is 5.82. The number of hydrogen-bond acceptors (Lipinski definition) is 5. The van der Waals surface area contributed by atoms with Crippen molar-refractivity contribution in [2.45, 2.75) is 31.4 Å². The molecule has 0 bridgehead atoms. The van der Waals surface area contributed by atoms with E-state index in [-0.39, 0.29) is 24.2 Å². The molecule has 1 fully saturated rings. The summed E-state index contributed by atoms with van der Waals surface area (Å²) < 4.78 is 45.7. The van der Waals surface area contributed by atoms with Crippen LogP contribution in [-0.2, 0) is 11.3 Å². The zero-order chi connectivity index (χ0) is 18.7. The number of likely N-dealkylation sites (N-methyl/N-ethyl adjacent to an activating group) is 1. The van der Waals surface area contributed by atoms with Gasteiger partial charge < -0.3 is 14.1 Å². The fourth-order valence-electron chi connectivity index (χ4n) is 2.81. The standard InChI is InChI=1S/C17H18F3N3O3/c1-23(10-11-4-6-12(7-5-11)26-17(18,19)20)16(24)14-9-13(21-22-14)15-3-2-8-25-15/h2-8,13-14,21-22H,9-10H2,1H3. The molecule has 2 N–H and O–H groups in total. The third-order valence-corrected chi connectivity index (χ3v) is 4.04. The Labute approximate surface area is 147 Å². The Morgan fingerprint density at radius 2 is 2.00 bits per heavy atom. The van der Waals surface area contributed by atoms with Crippen molar-refractivity contribution in [2.24, 2.45) is 0 Å². The highest BCUT2D eigenvalue weighted by atomic mass is 19.4. The molecule has 0 saturated carbocycles. The largest absolute Gasteiger partial charge is 0.573 e. The van der Waals surface area contributed by atoms with Crippen molar-refractivity contribution in [2.75, 3.05) is 7.05 Å². The number of carbonyl (C=O) groups excluding carboxylic acids is 1. The number of alkyl halides is 3. The molecule has 1 aromatic heterocycles. The van der Waals surface area contributed by atoms with Gasteiger partial charge >= 0.3 is 6.36 Å². The van der Waals surface area contributed by atoms with Gasteiger partial charge in [0.1, 0.15) is 17.6 Å². The second kappa shape index (κ2) is 7.38. The number of hydrazine groups is 1. The number of nitrogens with one attached hydrogen (secondary N) is 2. The van der Waals surface area contributed by atoms with Crippen LogP contribution in [0.5, 0.6) is 5.75 Å². The van der Waals surface area contributed by atoms with Crippen LogP contribution in [0.4, 0.5) is 13.2 Å². The van der Waals surface area contributed by atoms with Crippen molar-refractivity contribution < 1.29 is 27.1 Å². The number of furan rings is 1. The number of rotatable bonds is 5. The quantitative estimate of drug-likeness (QED) is 0.848. The molecule has 1 aliphatic rings. The molecule has 1 amide bonds. The second-order valence-corrected chi connectivity index (χ2v) is 6.03. The predicted octanol–water partition coefficient (Wildman–Crippen LogP) is 2.74. The van der Waals surface area contributed by atoms with Crippen molar-refractivity contribution in [1.82, 2.24) is 15.8 Å². The van der Waals surface area contributed by atoms with Crippen molar-refractivity contribution in [3.63, 3.8) is 0 Å². The molecule has 0 radical (unpaired) electrons. The number of amides is 1. The summed E-state index contributed by atoms with van der Waals surface area (Å²) in [5, 5.41) is 0. The molecule has 0 spiro atoms. The molecule has 2 unspecified atom stereocenters. The van der Waals surface area contributed by atoms with E-state index in [1.165, 1.54) is 29.2 Å². The Morgan fingerprint density at radius 3 is 2.62 bits per heavy atom. The molecule has 3 rings (SSSR count). The van der Waals surface area contributed by atoms with Crippen LogP contribution in [0.3, 0.4) is 0 Å². The minimum atomic E-state index is -4.72. The molecule has 1 aromatic carbocycles. The van der Waals surface area contributed by atoms with E-state index < -0.39 is 12.4 Å². The molecule has 26 heavy (non-hydrogen) atoms. The van der Waals surface area contributed by atoms with Gasteiger partial charge in [0.15, 0.2) is 0 Å². The van der Waals surface area contributed by atoms with Crippen molar-refractivity contribution >= 4 is 5.91 Å². The van der Waals surface area contributed by atoms with Gasteiger partial charge in [0.25, 0.3) is 0 Å². The first-order valence-electron chi connectivity index (χ1n) is 7.96. The average Bonchev–Trinajstić information content (AvgIpc) is 3.25. The van der Waals surface area contributed by atoms with Gasteiger partial charge in [0.05, 0.1) is 12.3 Å². The minimum Gasteiger partial charge on any atom is -0.468 e. The van der Waals surface area contributed by atoms with Gasteiger partial charge in [-0.25, -0.2) is 10.9 Å². The van der Waals surface area contributed by atoms with Gasteiger partial charge in [0.2, 0.25) is 5.91 Å². The molecular weight excluding hydrogens is 351 g/mol. The third-order valence-electron chi connectivity index (χ3n) is 4.04. The first-order valence-corrected chi connectivity index (χ1v) is 7.96. The van der Waals surface area contributed by atoms with Gasteiger partial charge in [-0.1, -0.05) is 12.1 Å². The summed E-state index contributed by atoms with van der Waals surface area (Å²) in [6.45, 7) is 0.273. The smallest absolute Gasteiger partial charge is 0.468 e. The first-order chi connectivity index (χ1) is 12.3. The van der Waals surface area contributed by atoms with Crippen LogP contribution in [0.15, 0.2) is 47.1 Å². The van der Waals surface area contributed by atoms with Crippen molar-refractivity contribution in [3.8, 4) is 5.75 Å². The number of hydrogen-bond donors (Lipinski definition) is 2. The predicted molar refractivity (Wildman–Crippen MR) is 85.7 cm³/mol. The fourth-order valence-corrected chi connectivity index (χ4v) is 2.81. The van der Waals surface area contributed by atoms with Gasteiger partial charge in [0, 0.05) is 13.6 Å². The van der Waals surface area contributed by atoms with Crippen molar-refractivity contribution in [1.29, 1.82) is 0 Å². The molecule has 0 aliphatic carbocycles. The van der Waals surface area contributed by atoms with Gasteiger partial charge in [-0.05, 0) is 36.2 Å². The zero-order valence-corrected chi connectivity index (χ0v) is 13.9. The molecule has 1 aliphatic heterocycles. The van der Waals surface area contributed by atoms with E-state index in [0.717, 1.165) is 5.76 Å². The van der Waals surface area contributed by atoms with E-state index >= 15 is 0 Å². The van der Waals surface area contributed by atoms with E-state index in [9.17, 15) is 18.0 Å². The summed E-state index contributed by atoms with van der Waals surface area (Å²) in [5.41, 5.74) is 6.67. The van der Waals surface area contributed by atoms with Crippen LogP contribution < -0.4 is 15.6 Å².